The highest BCUT2D eigenvalue weighted by Crippen LogP contribution is 2.25. The summed E-state index contributed by atoms with van der Waals surface area (Å²) in [6, 6.07) is 1.22. The monoisotopic (exact) mass is 306 g/mol. The van der Waals surface area contributed by atoms with Gasteiger partial charge in [0.05, 0.1) is 0 Å². The van der Waals surface area contributed by atoms with Gasteiger partial charge in [-0.05, 0) is 36.1 Å². The second-order valence-electron chi connectivity index (χ2n) is 3.70. The molecule has 0 saturated heterocycles. The molecule has 0 aliphatic rings. The van der Waals surface area contributed by atoms with Gasteiger partial charge in [-0.2, -0.15) is 0 Å². The SMILES string of the molecule is CN(C)CCNC(C(=O)O)c1cc(Br)cs1. The van der Waals surface area contributed by atoms with Crippen molar-refractivity contribution in [3.05, 3.63) is 20.8 Å². The van der Waals surface area contributed by atoms with Crippen molar-refractivity contribution in [2.45, 2.75) is 6.04 Å². The third-order valence-corrected chi connectivity index (χ3v) is 3.79. The molecule has 0 aliphatic heterocycles. The molecule has 1 atom stereocenters. The van der Waals surface area contributed by atoms with Crippen LogP contribution in [0.3, 0.4) is 0 Å². The van der Waals surface area contributed by atoms with E-state index in [0.717, 1.165) is 15.9 Å². The molecule has 0 aromatic carbocycles. The Hall–Kier alpha value is -0.430. The first-order valence-electron chi connectivity index (χ1n) is 4.85. The van der Waals surface area contributed by atoms with Gasteiger partial charge in [0.15, 0.2) is 0 Å². The summed E-state index contributed by atoms with van der Waals surface area (Å²) in [6.07, 6.45) is 0. The predicted octanol–water partition coefficient (Wildman–Crippen LogP) is 1.79. The number of hydrogen-bond acceptors (Lipinski definition) is 4. The second kappa shape index (κ2) is 6.34. The zero-order chi connectivity index (χ0) is 12.1. The fourth-order valence-electron chi connectivity index (χ4n) is 1.22. The highest BCUT2D eigenvalue weighted by molar-refractivity contribution is 9.10. The van der Waals surface area contributed by atoms with Crippen molar-refractivity contribution < 1.29 is 9.90 Å². The lowest BCUT2D eigenvalue weighted by Crippen LogP contribution is -2.33. The summed E-state index contributed by atoms with van der Waals surface area (Å²) in [7, 11) is 3.92. The highest BCUT2D eigenvalue weighted by atomic mass is 79.9. The van der Waals surface area contributed by atoms with E-state index < -0.39 is 12.0 Å². The topological polar surface area (TPSA) is 52.6 Å². The van der Waals surface area contributed by atoms with E-state index in [1.165, 1.54) is 11.3 Å². The van der Waals surface area contributed by atoms with Crippen molar-refractivity contribution in [2.24, 2.45) is 0 Å². The lowest BCUT2D eigenvalue weighted by Gasteiger charge is -2.15. The van der Waals surface area contributed by atoms with Crippen molar-refractivity contribution >= 4 is 33.2 Å². The molecule has 1 aromatic heterocycles. The number of likely N-dealkylation sites (N-methyl/N-ethyl adjacent to an activating group) is 1. The van der Waals surface area contributed by atoms with E-state index in [-0.39, 0.29) is 0 Å². The fourth-order valence-corrected chi connectivity index (χ4v) is 2.73. The zero-order valence-corrected chi connectivity index (χ0v) is 11.6. The van der Waals surface area contributed by atoms with Crippen LogP contribution in [-0.4, -0.2) is 43.2 Å². The smallest absolute Gasteiger partial charge is 0.326 e. The summed E-state index contributed by atoms with van der Waals surface area (Å²) in [5, 5.41) is 14.0. The molecule has 4 nitrogen and oxygen atoms in total. The van der Waals surface area contributed by atoms with Gasteiger partial charge in [-0.25, -0.2) is 0 Å². The molecule has 1 rings (SSSR count). The number of halogens is 1. The van der Waals surface area contributed by atoms with Crippen LogP contribution in [0.2, 0.25) is 0 Å². The minimum absolute atomic E-state index is 0.615. The first-order valence-corrected chi connectivity index (χ1v) is 6.53. The van der Waals surface area contributed by atoms with Gasteiger partial charge >= 0.3 is 5.97 Å². The highest BCUT2D eigenvalue weighted by Gasteiger charge is 2.20. The second-order valence-corrected chi connectivity index (χ2v) is 5.55. The van der Waals surface area contributed by atoms with E-state index in [4.69, 9.17) is 5.11 Å². The minimum Gasteiger partial charge on any atom is -0.480 e. The van der Waals surface area contributed by atoms with Gasteiger partial charge in [0.1, 0.15) is 6.04 Å². The number of nitrogens with zero attached hydrogens (tertiary/aromatic N) is 1. The zero-order valence-electron chi connectivity index (χ0n) is 9.24. The van der Waals surface area contributed by atoms with Crippen molar-refractivity contribution in [3.63, 3.8) is 0 Å². The molecular formula is C10H15BrN2O2S. The van der Waals surface area contributed by atoms with E-state index in [1.54, 1.807) is 0 Å². The summed E-state index contributed by atoms with van der Waals surface area (Å²) in [6.45, 7) is 1.47. The van der Waals surface area contributed by atoms with Crippen LogP contribution in [0.5, 0.6) is 0 Å². The number of aliphatic carboxylic acids is 1. The largest absolute Gasteiger partial charge is 0.480 e. The molecule has 1 aromatic rings. The average molecular weight is 307 g/mol. The molecule has 1 unspecified atom stereocenters. The van der Waals surface area contributed by atoms with E-state index in [1.807, 2.05) is 30.4 Å². The Morgan fingerprint density at radius 2 is 2.38 bits per heavy atom. The van der Waals surface area contributed by atoms with Crippen LogP contribution in [0.1, 0.15) is 10.9 Å². The van der Waals surface area contributed by atoms with Crippen LogP contribution in [0, 0.1) is 0 Å². The lowest BCUT2D eigenvalue weighted by atomic mass is 10.2. The Labute approximate surface area is 107 Å². The molecule has 0 bridgehead atoms. The quantitative estimate of drug-likeness (QED) is 0.841. The number of carbonyl (C=O) groups is 1. The van der Waals surface area contributed by atoms with Crippen molar-refractivity contribution in [2.75, 3.05) is 27.2 Å². The molecule has 16 heavy (non-hydrogen) atoms. The number of carboxylic acids is 1. The first kappa shape index (κ1) is 13.6. The average Bonchev–Trinajstić information content (AvgIpc) is 2.58. The van der Waals surface area contributed by atoms with Gasteiger partial charge < -0.3 is 10.0 Å². The lowest BCUT2D eigenvalue weighted by molar-refractivity contribution is -0.139. The summed E-state index contributed by atoms with van der Waals surface area (Å²) in [4.78, 5) is 13.9. The van der Waals surface area contributed by atoms with Gasteiger partial charge in [0.25, 0.3) is 0 Å². The van der Waals surface area contributed by atoms with Gasteiger partial charge in [0.2, 0.25) is 0 Å². The molecule has 90 valence electrons. The molecule has 0 spiro atoms. The van der Waals surface area contributed by atoms with Gasteiger partial charge in [-0.3, -0.25) is 10.1 Å². The number of rotatable bonds is 6. The number of thiophene rings is 1. The maximum atomic E-state index is 11.1. The number of nitrogens with one attached hydrogen (secondary N) is 1. The summed E-state index contributed by atoms with van der Waals surface area (Å²) in [5.41, 5.74) is 0. The van der Waals surface area contributed by atoms with Gasteiger partial charge in [-0.15, -0.1) is 11.3 Å². The van der Waals surface area contributed by atoms with Crippen molar-refractivity contribution in [1.82, 2.24) is 10.2 Å². The minimum atomic E-state index is -0.840. The maximum absolute atomic E-state index is 11.1. The first-order chi connectivity index (χ1) is 7.50. The normalized spacial score (nSPS) is 13.0. The molecule has 2 N–H and O–H groups in total. The van der Waals surface area contributed by atoms with E-state index in [9.17, 15) is 4.79 Å². The summed E-state index contributed by atoms with van der Waals surface area (Å²) < 4.78 is 0.924. The Balaban J connectivity index is 2.58. The van der Waals surface area contributed by atoms with Crippen LogP contribution < -0.4 is 5.32 Å². The van der Waals surface area contributed by atoms with Gasteiger partial charge in [0, 0.05) is 27.8 Å². The van der Waals surface area contributed by atoms with Crippen LogP contribution in [0.25, 0.3) is 0 Å². The van der Waals surface area contributed by atoms with Gasteiger partial charge in [-0.1, -0.05) is 0 Å². The molecule has 1 heterocycles. The third-order valence-electron chi connectivity index (χ3n) is 2.03. The van der Waals surface area contributed by atoms with Crippen molar-refractivity contribution in [1.29, 1.82) is 0 Å². The molecule has 0 fully saturated rings. The molecule has 0 aliphatic carbocycles. The maximum Gasteiger partial charge on any atom is 0.326 e. The molecule has 0 amide bonds. The van der Waals surface area contributed by atoms with E-state index in [0.29, 0.717) is 6.54 Å². The van der Waals surface area contributed by atoms with Crippen LogP contribution in [-0.2, 0) is 4.79 Å². The van der Waals surface area contributed by atoms with Crippen LogP contribution >= 0.6 is 27.3 Å². The molecule has 0 radical (unpaired) electrons. The Bertz CT molecular complexity index is 354. The standard InChI is InChI=1S/C10H15BrN2O2S/c1-13(2)4-3-12-9(10(14)15)8-5-7(11)6-16-8/h5-6,9,12H,3-4H2,1-2H3,(H,14,15). The Morgan fingerprint density at radius 3 is 2.81 bits per heavy atom. The molecule has 0 saturated carbocycles. The van der Waals surface area contributed by atoms with E-state index in [2.05, 4.69) is 21.2 Å². The molecule has 6 heteroatoms. The fraction of sp³-hybridized carbons (Fsp3) is 0.500. The van der Waals surface area contributed by atoms with Crippen LogP contribution in [0.4, 0.5) is 0 Å². The molecular weight excluding hydrogens is 292 g/mol. The third kappa shape index (κ3) is 4.21. The van der Waals surface area contributed by atoms with E-state index >= 15 is 0 Å². The predicted molar refractivity (Wildman–Crippen MR) is 69.0 cm³/mol. The van der Waals surface area contributed by atoms with Crippen LogP contribution in [0.15, 0.2) is 15.9 Å². The number of hydrogen-bond donors (Lipinski definition) is 2. The summed E-state index contributed by atoms with van der Waals surface area (Å²) in [5.74, 6) is -0.840. The number of carboxylic acid groups (broad SMARTS) is 1. The Kier molecular flexibility index (Phi) is 5.40. The Morgan fingerprint density at radius 1 is 1.69 bits per heavy atom. The van der Waals surface area contributed by atoms with Crippen molar-refractivity contribution in [3.8, 4) is 0 Å². The summed E-state index contributed by atoms with van der Waals surface area (Å²) >= 11 is 4.76.